The first-order chi connectivity index (χ1) is 18.6. The lowest BCUT2D eigenvalue weighted by Crippen LogP contribution is -2.34. The van der Waals surface area contributed by atoms with Crippen molar-refractivity contribution < 1.29 is 45.1 Å². The summed E-state index contributed by atoms with van der Waals surface area (Å²) < 4.78 is 131. The third-order valence-electron chi connectivity index (χ3n) is 4.20. The average Bonchev–Trinajstić information content (AvgIpc) is 3.21. The molecule has 0 atom stereocenters. The lowest BCUT2D eigenvalue weighted by Gasteiger charge is -2.22. The Morgan fingerprint density at radius 3 is 2.59 bits per heavy atom. The van der Waals surface area contributed by atoms with Crippen molar-refractivity contribution in [2.24, 2.45) is 5.14 Å². The number of primary sulfonamides is 1. The number of ether oxygens (including phenoxy) is 1. The van der Waals surface area contributed by atoms with Gasteiger partial charge < -0.3 is 19.8 Å². The standard InChI is InChI=1S/C20H20F3N5O5S/c1-2-14-16(23)5-12(21)6-17(14)32-10-19(29)28(9-18-26-27-20(24)33-18)8-11-3-4-13(7-15(11)22)34(25,30)31/h3-7H,2,8-10H2,1H3,(H2,24,27)(H2,25,30,31)/i1D3,2D2,10D2. The van der Waals surface area contributed by atoms with Gasteiger partial charge in [-0.15, -0.1) is 5.10 Å². The van der Waals surface area contributed by atoms with Gasteiger partial charge in [-0.25, -0.2) is 26.7 Å². The summed E-state index contributed by atoms with van der Waals surface area (Å²) in [5, 5.41) is 11.9. The largest absolute Gasteiger partial charge is 0.483 e. The summed E-state index contributed by atoms with van der Waals surface area (Å²) in [5.41, 5.74) is 3.59. The molecule has 0 unspecified atom stereocenters. The summed E-state index contributed by atoms with van der Waals surface area (Å²) in [6.07, 6.45) is -3.53. The van der Waals surface area contributed by atoms with Gasteiger partial charge in [0.25, 0.3) is 5.91 Å². The van der Waals surface area contributed by atoms with Gasteiger partial charge in [-0.05, 0) is 18.5 Å². The van der Waals surface area contributed by atoms with Crippen molar-refractivity contribution in [2.75, 3.05) is 12.3 Å². The molecule has 4 N–H and O–H groups in total. The second-order valence-electron chi connectivity index (χ2n) is 6.58. The second-order valence-corrected chi connectivity index (χ2v) is 8.14. The van der Waals surface area contributed by atoms with Crippen LogP contribution in [0.5, 0.6) is 5.75 Å². The first-order valence-electron chi connectivity index (χ1n) is 12.5. The van der Waals surface area contributed by atoms with Crippen molar-refractivity contribution in [2.45, 2.75) is 31.2 Å². The smallest absolute Gasteiger partial charge is 0.312 e. The molecule has 10 nitrogen and oxygen atoms in total. The van der Waals surface area contributed by atoms with Crippen molar-refractivity contribution in [3.8, 4) is 5.75 Å². The summed E-state index contributed by atoms with van der Waals surface area (Å²) in [4.78, 5) is 13.2. The summed E-state index contributed by atoms with van der Waals surface area (Å²) in [6.45, 7) is -8.70. The van der Waals surface area contributed by atoms with Gasteiger partial charge >= 0.3 is 6.01 Å². The van der Waals surface area contributed by atoms with Crippen molar-refractivity contribution in [1.29, 1.82) is 0 Å². The number of benzene rings is 2. The van der Waals surface area contributed by atoms with Gasteiger partial charge in [0.1, 0.15) is 23.2 Å². The van der Waals surface area contributed by atoms with E-state index in [4.69, 9.17) is 29.6 Å². The van der Waals surface area contributed by atoms with Crippen molar-refractivity contribution in [3.63, 3.8) is 0 Å². The fraction of sp³-hybridized carbons (Fsp3) is 0.250. The highest BCUT2D eigenvalue weighted by Gasteiger charge is 2.22. The van der Waals surface area contributed by atoms with Crippen LogP contribution in [0.4, 0.5) is 19.2 Å². The number of carbonyl (C=O) groups excluding carboxylic acids is 1. The molecule has 0 aliphatic rings. The molecule has 0 bridgehead atoms. The fourth-order valence-electron chi connectivity index (χ4n) is 2.65. The zero-order valence-corrected chi connectivity index (χ0v) is 17.7. The Labute approximate surface area is 202 Å². The zero-order valence-electron chi connectivity index (χ0n) is 23.9. The minimum atomic E-state index is -4.30. The van der Waals surface area contributed by atoms with Crippen molar-refractivity contribution in [1.82, 2.24) is 15.1 Å². The fourth-order valence-corrected chi connectivity index (χ4v) is 3.17. The highest BCUT2D eigenvalue weighted by molar-refractivity contribution is 7.89. The molecule has 2 aromatic carbocycles. The number of nitrogens with zero attached hydrogens (tertiary/aromatic N) is 3. The molecule has 0 spiro atoms. The number of hydrogen-bond donors (Lipinski definition) is 2. The molecule has 3 rings (SSSR count). The number of nitrogen functional groups attached to an aromatic ring is 1. The molecule has 14 heteroatoms. The summed E-state index contributed by atoms with van der Waals surface area (Å²) in [6, 6.07) is 2.35. The summed E-state index contributed by atoms with van der Waals surface area (Å²) in [7, 11) is -4.30. The van der Waals surface area contributed by atoms with E-state index in [2.05, 4.69) is 10.2 Å². The van der Waals surface area contributed by atoms with Crippen LogP contribution in [0.25, 0.3) is 0 Å². The van der Waals surface area contributed by atoms with Crippen LogP contribution in [-0.4, -0.2) is 36.0 Å². The normalized spacial score (nSPS) is 15.7. The molecule has 1 aromatic heterocycles. The Morgan fingerprint density at radius 1 is 1.21 bits per heavy atom. The Balaban J connectivity index is 2.05. The molecular formula is C20H20F3N5O5S. The van der Waals surface area contributed by atoms with Gasteiger partial charge in [0.05, 0.1) is 14.2 Å². The van der Waals surface area contributed by atoms with Gasteiger partial charge in [-0.2, -0.15) is 0 Å². The topological polar surface area (TPSA) is 155 Å². The van der Waals surface area contributed by atoms with Crippen LogP contribution in [0.1, 0.15) is 33.5 Å². The molecule has 0 aliphatic heterocycles. The molecule has 34 heavy (non-hydrogen) atoms. The number of amides is 1. The van der Waals surface area contributed by atoms with Gasteiger partial charge in [0.15, 0.2) is 6.56 Å². The van der Waals surface area contributed by atoms with E-state index in [0.717, 1.165) is 12.1 Å². The Kier molecular flexibility index (Phi) is 5.01. The van der Waals surface area contributed by atoms with Gasteiger partial charge in [-0.1, -0.05) is 18.0 Å². The molecule has 3 aromatic rings. The van der Waals surface area contributed by atoms with E-state index < -0.39 is 88.5 Å². The van der Waals surface area contributed by atoms with Crippen LogP contribution >= 0.6 is 0 Å². The molecule has 0 saturated carbocycles. The van der Waals surface area contributed by atoms with E-state index in [0.29, 0.717) is 11.0 Å². The average molecular weight is 507 g/mol. The lowest BCUT2D eigenvalue weighted by molar-refractivity contribution is -0.135. The maximum atomic E-state index is 14.7. The molecule has 182 valence electrons. The summed E-state index contributed by atoms with van der Waals surface area (Å²) >= 11 is 0. The van der Waals surface area contributed by atoms with Crippen LogP contribution in [0.2, 0.25) is 0 Å². The number of hydrogen-bond acceptors (Lipinski definition) is 8. The van der Waals surface area contributed by atoms with E-state index >= 15 is 0 Å². The molecule has 0 fully saturated rings. The van der Waals surface area contributed by atoms with E-state index in [9.17, 15) is 26.4 Å². The van der Waals surface area contributed by atoms with E-state index in [1.54, 1.807) is 0 Å². The number of halogens is 3. The van der Waals surface area contributed by atoms with Gasteiger partial charge in [0, 0.05) is 36.7 Å². The first kappa shape index (κ1) is 16.9. The van der Waals surface area contributed by atoms with Crippen LogP contribution in [0.15, 0.2) is 39.6 Å². The molecule has 0 radical (unpaired) electrons. The number of carbonyl (C=O) groups is 1. The van der Waals surface area contributed by atoms with Gasteiger partial charge in [-0.3, -0.25) is 4.79 Å². The number of sulfonamides is 1. The molecule has 1 amide bonds. The Hall–Kier alpha value is -3.65. The van der Waals surface area contributed by atoms with Gasteiger partial charge in [0.2, 0.25) is 15.9 Å². The van der Waals surface area contributed by atoms with Crippen LogP contribution in [-0.2, 0) is 34.3 Å². The predicted octanol–water partition coefficient (Wildman–Crippen LogP) is 1.89. The Morgan fingerprint density at radius 2 is 1.97 bits per heavy atom. The quantitative estimate of drug-likeness (QED) is 0.446. The maximum absolute atomic E-state index is 14.7. The number of anilines is 1. The molecular weight excluding hydrogens is 479 g/mol. The first-order valence-corrected chi connectivity index (χ1v) is 10.5. The second kappa shape index (κ2) is 10.1. The van der Waals surface area contributed by atoms with E-state index in [1.165, 1.54) is 0 Å². The number of rotatable bonds is 9. The van der Waals surface area contributed by atoms with Crippen molar-refractivity contribution >= 4 is 21.9 Å². The van der Waals surface area contributed by atoms with Crippen LogP contribution in [0.3, 0.4) is 0 Å². The minimum absolute atomic E-state index is 0.142. The summed E-state index contributed by atoms with van der Waals surface area (Å²) in [5.74, 6) is -7.67. The highest BCUT2D eigenvalue weighted by Crippen LogP contribution is 2.24. The maximum Gasteiger partial charge on any atom is 0.312 e. The van der Waals surface area contributed by atoms with Crippen LogP contribution in [0, 0.1) is 17.5 Å². The highest BCUT2D eigenvalue weighted by atomic mass is 32.2. The van der Waals surface area contributed by atoms with Crippen LogP contribution < -0.4 is 15.6 Å². The SMILES string of the molecule is [2H]C([2H])(Oc1cc(F)cc(F)c1C([2H])([2H])C([2H])([2H])[2H])C(=O)N(Cc1nnc(N)o1)Cc1ccc(S(N)(=O)=O)cc1F. The predicted molar refractivity (Wildman–Crippen MR) is 112 cm³/mol. The molecule has 0 aliphatic carbocycles. The van der Waals surface area contributed by atoms with E-state index in [-0.39, 0.29) is 23.6 Å². The van der Waals surface area contributed by atoms with Crippen molar-refractivity contribution in [3.05, 3.63) is 64.8 Å². The molecule has 0 saturated heterocycles. The number of aromatic nitrogens is 2. The molecule has 1 heterocycles. The lowest BCUT2D eigenvalue weighted by atomic mass is 10.1. The monoisotopic (exact) mass is 506 g/mol. The number of nitrogens with two attached hydrogens (primary N) is 2. The third kappa shape index (κ3) is 6.02. The third-order valence-corrected chi connectivity index (χ3v) is 5.11. The Bertz CT molecular complexity index is 1590. The minimum Gasteiger partial charge on any atom is -0.483 e. The zero-order chi connectivity index (χ0) is 31.1. The van der Waals surface area contributed by atoms with E-state index in [1.807, 2.05) is 0 Å².